The van der Waals surface area contributed by atoms with Crippen LogP contribution in [-0.2, 0) is 18.0 Å². The Bertz CT molecular complexity index is 528. The van der Waals surface area contributed by atoms with Crippen molar-refractivity contribution in [1.82, 2.24) is 0 Å². The van der Waals surface area contributed by atoms with E-state index in [1.165, 1.54) is 0 Å². The topological polar surface area (TPSA) is 49.7 Å². The van der Waals surface area contributed by atoms with Crippen molar-refractivity contribution >= 4 is 28.5 Å². The van der Waals surface area contributed by atoms with E-state index in [4.69, 9.17) is 14.8 Å². The molecule has 0 aromatic heterocycles. The van der Waals surface area contributed by atoms with Gasteiger partial charge in [-0.2, -0.15) is 0 Å². The van der Waals surface area contributed by atoms with Gasteiger partial charge in [0, 0.05) is 4.47 Å². The van der Waals surface area contributed by atoms with Gasteiger partial charge < -0.3 is 14.8 Å². The van der Waals surface area contributed by atoms with Crippen LogP contribution >= 0.6 is 15.9 Å². The Morgan fingerprint density at radius 3 is 2.26 bits per heavy atom. The molecule has 0 atom stereocenters. The molecule has 0 saturated heterocycles. The molecule has 0 heterocycles. The molecule has 98 valence electrons. The number of hydrogen-bond donors (Lipinski definition) is 2. The highest BCUT2D eigenvalue weighted by atomic mass is 79.9. The molecule has 0 bridgehead atoms. The van der Waals surface area contributed by atoms with Gasteiger partial charge in [0.05, 0.1) is 13.2 Å². The maximum Gasteiger partial charge on any atom is 0.488 e. The maximum absolute atomic E-state index is 8.99. The van der Waals surface area contributed by atoms with Gasteiger partial charge in [-0.1, -0.05) is 58.4 Å². The van der Waals surface area contributed by atoms with Crippen LogP contribution in [0.15, 0.2) is 53.0 Å². The van der Waals surface area contributed by atoms with E-state index in [9.17, 15) is 0 Å². The van der Waals surface area contributed by atoms with Crippen LogP contribution in [-0.4, -0.2) is 17.2 Å². The van der Waals surface area contributed by atoms with Crippen molar-refractivity contribution in [2.75, 3.05) is 0 Å². The van der Waals surface area contributed by atoms with Crippen molar-refractivity contribution in [3.8, 4) is 0 Å². The lowest BCUT2D eigenvalue weighted by atomic mass is 9.80. The molecule has 0 aliphatic heterocycles. The molecule has 2 aromatic carbocycles. The van der Waals surface area contributed by atoms with Crippen molar-refractivity contribution in [2.45, 2.75) is 13.2 Å². The zero-order chi connectivity index (χ0) is 13.7. The highest BCUT2D eigenvalue weighted by Crippen LogP contribution is 2.17. The Labute approximate surface area is 121 Å². The Balaban J connectivity index is 1.87. The first-order valence-corrected chi connectivity index (χ1v) is 6.72. The van der Waals surface area contributed by atoms with E-state index >= 15 is 0 Å². The second kappa shape index (κ2) is 6.87. The van der Waals surface area contributed by atoms with Gasteiger partial charge in [-0.25, -0.2) is 0 Å². The lowest BCUT2D eigenvalue weighted by Gasteiger charge is -2.07. The Kier molecular flexibility index (Phi) is 5.16. The van der Waals surface area contributed by atoms with Crippen molar-refractivity contribution in [3.63, 3.8) is 0 Å². The first-order chi connectivity index (χ1) is 9.16. The number of ether oxygens (including phenoxy) is 1. The zero-order valence-electron chi connectivity index (χ0n) is 10.3. The van der Waals surface area contributed by atoms with Gasteiger partial charge in [0.1, 0.15) is 0 Å². The summed E-state index contributed by atoms with van der Waals surface area (Å²) in [5.41, 5.74) is 2.58. The summed E-state index contributed by atoms with van der Waals surface area (Å²) in [6.07, 6.45) is 0. The van der Waals surface area contributed by atoms with E-state index in [0.717, 1.165) is 15.6 Å². The molecule has 0 amide bonds. The van der Waals surface area contributed by atoms with Crippen LogP contribution < -0.4 is 5.46 Å². The van der Waals surface area contributed by atoms with Gasteiger partial charge in [0.25, 0.3) is 0 Å². The fraction of sp³-hybridized carbons (Fsp3) is 0.143. The minimum atomic E-state index is -1.42. The van der Waals surface area contributed by atoms with Gasteiger partial charge in [0.2, 0.25) is 0 Å². The van der Waals surface area contributed by atoms with Crippen LogP contribution in [0.2, 0.25) is 0 Å². The largest absolute Gasteiger partial charge is 0.488 e. The van der Waals surface area contributed by atoms with Crippen molar-refractivity contribution < 1.29 is 14.8 Å². The quantitative estimate of drug-likeness (QED) is 0.827. The molecule has 2 N–H and O–H groups in total. The molecule has 0 aliphatic rings. The highest BCUT2D eigenvalue weighted by Gasteiger charge is 2.09. The lowest BCUT2D eigenvalue weighted by Crippen LogP contribution is -2.29. The zero-order valence-corrected chi connectivity index (χ0v) is 11.9. The van der Waals surface area contributed by atoms with Crippen LogP contribution in [0.25, 0.3) is 0 Å². The first-order valence-electron chi connectivity index (χ1n) is 5.93. The van der Waals surface area contributed by atoms with E-state index in [1.807, 2.05) is 36.4 Å². The van der Waals surface area contributed by atoms with Crippen LogP contribution in [0.1, 0.15) is 11.1 Å². The summed E-state index contributed by atoms with van der Waals surface area (Å²) in [5.74, 6) is 0. The minimum Gasteiger partial charge on any atom is -0.423 e. The van der Waals surface area contributed by atoms with Crippen molar-refractivity contribution in [3.05, 3.63) is 64.1 Å². The average Bonchev–Trinajstić information content (AvgIpc) is 2.41. The summed E-state index contributed by atoms with van der Waals surface area (Å²) in [4.78, 5) is 0. The van der Waals surface area contributed by atoms with Gasteiger partial charge >= 0.3 is 7.12 Å². The van der Waals surface area contributed by atoms with Crippen LogP contribution in [0.4, 0.5) is 0 Å². The lowest BCUT2D eigenvalue weighted by molar-refractivity contribution is 0.107. The molecule has 5 heteroatoms. The van der Waals surface area contributed by atoms with Gasteiger partial charge in [-0.15, -0.1) is 0 Å². The molecular formula is C14H14BBrO3. The van der Waals surface area contributed by atoms with Crippen LogP contribution in [0.5, 0.6) is 0 Å². The predicted octanol–water partition coefficient (Wildman–Crippen LogP) is 1.85. The monoisotopic (exact) mass is 320 g/mol. The van der Waals surface area contributed by atoms with Gasteiger partial charge in [-0.05, 0) is 22.7 Å². The Hall–Kier alpha value is -1.14. The van der Waals surface area contributed by atoms with E-state index in [-0.39, 0.29) is 0 Å². The summed E-state index contributed by atoms with van der Waals surface area (Å²) >= 11 is 3.47. The summed E-state index contributed by atoms with van der Waals surface area (Å²) in [6.45, 7) is 1.02. The number of halogens is 1. The molecule has 0 unspecified atom stereocenters. The molecule has 2 aromatic rings. The second-order valence-electron chi connectivity index (χ2n) is 4.20. The molecule has 0 spiro atoms. The number of rotatable bonds is 5. The van der Waals surface area contributed by atoms with Gasteiger partial charge in [0.15, 0.2) is 0 Å². The average molecular weight is 321 g/mol. The Morgan fingerprint density at radius 2 is 1.63 bits per heavy atom. The maximum atomic E-state index is 8.99. The van der Waals surface area contributed by atoms with Crippen LogP contribution in [0.3, 0.4) is 0 Å². The van der Waals surface area contributed by atoms with E-state index in [2.05, 4.69) is 15.9 Å². The predicted molar refractivity (Wildman–Crippen MR) is 78.9 cm³/mol. The molecule has 0 radical (unpaired) electrons. The standard InChI is InChI=1S/C14H14BBrO3/c16-14-4-2-1-3-12(14)10-19-9-11-5-7-13(8-6-11)15(17)18/h1-8,17-18H,9-10H2. The van der Waals surface area contributed by atoms with Crippen LogP contribution in [0, 0.1) is 0 Å². The van der Waals surface area contributed by atoms with E-state index in [0.29, 0.717) is 18.7 Å². The smallest absolute Gasteiger partial charge is 0.423 e. The van der Waals surface area contributed by atoms with E-state index in [1.54, 1.807) is 12.1 Å². The summed E-state index contributed by atoms with van der Waals surface area (Å²) in [5, 5.41) is 18.0. The molecule has 2 rings (SSSR count). The molecule has 19 heavy (non-hydrogen) atoms. The van der Waals surface area contributed by atoms with Gasteiger partial charge in [-0.3, -0.25) is 0 Å². The molecule has 0 saturated carbocycles. The van der Waals surface area contributed by atoms with Crippen molar-refractivity contribution in [2.24, 2.45) is 0 Å². The molecule has 3 nitrogen and oxygen atoms in total. The fourth-order valence-electron chi connectivity index (χ4n) is 1.68. The highest BCUT2D eigenvalue weighted by molar-refractivity contribution is 9.10. The third-order valence-electron chi connectivity index (χ3n) is 2.76. The van der Waals surface area contributed by atoms with E-state index < -0.39 is 7.12 Å². The number of hydrogen-bond acceptors (Lipinski definition) is 3. The molecule has 0 fully saturated rings. The minimum absolute atomic E-state index is 0.481. The summed E-state index contributed by atoms with van der Waals surface area (Å²) in [6, 6.07) is 15.0. The van der Waals surface area contributed by atoms with Crippen molar-refractivity contribution in [1.29, 1.82) is 0 Å². The fourth-order valence-corrected chi connectivity index (χ4v) is 2.08. The second-order valence-corrected chi connectivity index (χ2v) is 5.05. The SMILES string of the molecule is OB(O)c1ccc(COCc2ccccc2Br)cc1. The number of benzene rings is 2. The Morgan fingerprint density at radius 1 is 0.947 bits per heavy atom. The summed E-state index contributed by atoms with van der Waals surface area (Å²) in [7, 11) is -1.42. The summed E-state index contributed by atoms with van der Waals surface area (Å²) < 4.78 is 6.67. The first kappa shape index (κ1) is 14.3. The normalized spacial score (nSPS) is 10.5. The third-order valence-corrected chi connectivity index (χ3v) is 3.54. The molecule has 0 aliphatic carbocycles. The molecular weight excluding hydrogens is 307 g/mol. The third kappa shape index (κ3) is 4.18.